The van der Waals surface area contributed by atoms with Crippen molar-refractivity contribution in [2.75, 3.05) is 0 Å². The zero-order valence-corrected chi connectivity index (χ0v) is 10.4. The van der Waals surface area contributed by atoms with Crippen LogP contribution in [0.25, 0.3) is 0 Å². The van der Waals surface area contributed by atoms with E-state index >= 15 is 0 Å². The van der Waals surface area contributed by atoms with E-state index in [9.17, 15) is 8.78 Å². The van der Waals surface area contributed by atoms with Gasteiger partial charge in [-0.05, 0) is 36.6 Å². The van der Waals surface area contributed by atoms with Crippen LogP contribution < -0.4 is 0 Å². The summed E-state index contributed by atoms with van der Waals surface area (Å²) in [7, 11) is 0. The van der Waals surface area contributed by atoms with Gasteiger partial charge >= 0.3 is 0 Å². The lowest BCUT2D eigenvalue weighted by Crippen LogP contribution is -1.96. The molecule has 1 aliphatic rings. The summed E-state index contributed by atoms with van der Waals surface area (Å²) >= 11 is 1.63. The second-order valence-corrected chi connectivity index (χ2v) is 5.53. The van der Waals surface area contributed by atoms with Gasteiger partial charge in [-0.15, -0.1) is 11.8 Å². The summed E-state index contributed by atoms with van der Waals surface area (Å²) in [5, 5.41) is 6.78. The van der Waals surface area contributed by atoms with Gasteiger partial charge in [0.2, 0.25) is 0 Å². The fourth-order valence-electron chi connectivity index (χ4n) is 2.35. The molecule has 1 unspecified atom stereocenters. The van der Waals surface area contributed by atoms with Crippen LogP contribution in [0.4, 0.5) is 8.78 Å². The largest absolute Gasteiger partial charge is 0.282 e. The second-order valence-electron chi connectivity index (χ2n) is 4.34. The van der Waals surface area contributed by atoms with Crippen LogP contribution in [0.1, 0.15) is 28.5 Å². The van der Waals surface area contributed by atoms with Crippen molar-refractivity contribution < 1.29 is 8.78 Å². The van der Waals surface area contributed by atoms with E-state index in [1.807, 2.05) is 6.07 Å². The topological polar surface area (TPSA) is 28.7 Å². The van der Waals surface area contributed by atoms with Crippen LogP contribution in [-0.4, -0.2) is 10.2 Å². The summed E-state index contributed by atoms with van der Waals surface area (Å²) in [6.07, 6.45) is 3.12. The Morgan fingerprint density at radius 2 is 2.11 bits per heavy atom. The van der Waals surface area contributed by atoms with Crippen molar-refractivity contribution in [2.45, 2.75) is 23.8 Å². The Labute approximate surface area is 108 Å². The molecular formula is C13H12F2N2S. The zero-order chi connectivity index (χ0) is 12.5. The van der Waals surface area contributed by atoms with E-state index in [4.69, 9.17) is 0 Å². The third-order valence-corrected chi connectivity index (χ3v) is 4.58. The van der Waals surface area contributed by atoms with Crippen molar-refractivity contribution >= 4 is 11.8 Å². The van der Waals surface area contributed by atoms with Gasteiger partial charge < -0.3 is 0 Å². The number of benzene rings is 1. The van der Waals surface area contributed by atoms with Crippen LogP contribution in [0.5, 0.6) is 0 Å². The maximum Gasteiger partial charge on any atom is 0.128 e. The van der Waals surface area contributed by atoms with Gasteiger partial charge in [0, 0.05) is 28.5 Å². The molecule has 3 rings (SSSR count). The Kier molecular flexibility index (Phi) is 3.07. The number of aromatic nitrogens is 2. The fourth-order valence-corrected chi connectivity index (χ4v) is 3.60. The van der Waals surface area contributed by atoms with Crippen LogP contribution in [0, 0.1) is 11.6 Å². The number of halogens is 2. The van der Waals surface area contributed by atoms with Gasteiger partial charge in [-0.25, -0.2) is 8.78 Å². The molecule has 0 saturated carbocycles. The summed E-state index contributed by atoms with van der Waals surface area (Å²) < 4.78 is 27.4. The molecule has 0 aliphatic heterocycles. The summed E-state index contributed by atoms with van der Waals surface area (Å²) in [4.78, 5) is 0. The van der Waals surface area contributed by atoms with Crippen molar-refractivity contribution in [3.63, 3.8) is 0 Å². The number of rotatable bonds is 3. The predicted octanol–water partition coefficient (Wildman–Crippen LogP) is 3.61. The monoisotopic (exact) mass is 266 g/mol. The number of H-pyrrole nitrogens is 1. The molecule has 1 N–H and O–H groups in total. The average molecular weight is 266 g/mol. The van der Waals surface area contributed by atoms with Crippen molar-refractivity contribution in [1.82, 2.24) is 10.2 Å². The molecule has 0 fully saturated rings. The summed E-state index contributed by atoms with van der Waals surface area (Å²) in [6, 6.07) is 4.34. The van der Waals surface area contributed by atoms with Crippen molar-refractivity contribution in [1.29, 1.82) is 0 Å². The second kappa shape index (κ2) is 4.72. The predicted molar refractivity (Wildman–Crippen MR) is 67.3 cm³/mol. The van der Waals surface area contributed by atoms with E-state index in [1.165, 1.54) is 12.1 Å². The Morgan fingerprint density at radius 1 is 1.28 bits per heavy atom. The van der Waals surface area contributed by atoms with Crippen LogP contribution in [0.15, 0.2) is 24.4 Å². The summed E-state index contributed by atoms with van der Waals surface area (Å²) in [5.41, 5.74) is 2.11. The van der Waals surface area contributed by atoms with Gasteiger partial charge in [-0.3, -0.25) is 5.10 Å². The summed E-state index contributed by atoms with van der Waals surface area (Å²) in [5.74, 6) is 0.169. The van der Waals surface area contributed by atoms with Crippen LogP contribution >= 0.6 is 11.8 Å². The molecule has 1 aromatic carbocycles. The maximum absolute atomic E-state index is 13.8. The van der Waals surface area contributed by atoms with Gasteiger partial charge in [-0.1, -0.05) is 0 Å². The third kappa shape index (κ3) is 2.03. The van der Waals surface area contributed by atoms with E-state index in [2.05, 4.69) is 10.2 Å². The number of hydrogen-bond donors (Lipinski definition) is 1. The molecule has 1 atom stereocenters. The van der Waals surface area contributed by atoms with Crippen molar-refractivity contribution in [3.05, 3.63) is 52.9 Å². The van der Waals surface area contributed by atoms with Gasteiger partial charge in [-0.2, -0.15) is 5.10 Å². The lowest BCUT2D eigenvalue weighted by molar-refractivity contribution is 0.584. The van der Waals surface area contributed by atoms with E-state index in [0.717, 1.165) is 17.9 Å². The number of aromatic amines is 1. The highest BCUT2D eigenvalue weighted by molar-refractivity contribution is 7.98. The first-order chi connectivity index (χ1) is 8.75. The highest BCUT2D eigenvalue weighted by Gasteiger charge is 2.28. The molecule has 0 amide bonds. The normalized spacial score (nSPS) is 18.0. The van der Waals surface area contributed by atoms with E-state index in [0.29, 0.717) is 17.5 Å². The molecule has 1 heterocycles. The average Bonchev–Trinajstić information content (AvgIpc) is 3.00. The first-order valence-corrected chi connectivity index (χ1v) is 6.87. The van der Waals surface area contributed by atoms with E-state index in [1.54, 1.807) is 18.0 Å². The van der Waals surface area contributed by atoms with Crippen molar-refractivity contribution in [3.8, 4) is 0 Å². The third-order valence-electron chi connectivity index (χ3n) is 3.22. The highest BCUT2D eigenvalue weighted by Crippen LogP contribution is 2.44. The number of nitrogens with one attached hydrogen (secondary N) is 1. The molecule has 0 radical (unpaired) electrons. The molecule has 2 nitrogen and oxygen atoms in total. The molecule has 1 aliphatic carbocycles. The molecule has 5 heteroatoms. The van der Waals surface area contributed by atoms with E-state index in [-0.39, 0.29) is 16.9 Å². The smallest absolute Gasteiger partial charge is 0.128 e. The Bertz CT molecular complexity index is 554. The van der Waals surface area contributed by atoms with Crippen molar-refractivity contribution in [2.24, 2.45) is 0 Å². The Balaban J connectivity index is 1.80. The molecule has 0 bridgehead atoms. The maximum atomic E-state index is 13.8. The van der Waals surface area contributed by atoms with Gasteiger partial charge in [0.25, 0.3) is 0 Å². The highest BCUT2D eigenvalue weighted by atomic mass is 32.2. The minimum Gasteiger partial charge on any atom is -0.282 e. The molecule has 0 saturated heterocycles. The first-order valence-electron chi connectivity index (χ1n) is 5.82. The van der Waals surface area contributed by atoms with E-state index < -0.39 is 0 Å². The van der Waals surface area contributed by atoms with Gasteiger partial charge in [0.05, 0.1) is 0 Å². The molecule has 2 aromatic rings. The van der Waals surface area contributed by atoms with Crippen LogP contribution in [-0.2, 0) is 12.2 Å². The number of hydrogen-bond acceptors (Lipinski definition) is 2. The fraction of sp³-hybridized carbons (Fsp3) is 0.308. The lowest BCUT2D eigenvalue weighted by atomic mass is 10.1. The Hall–Kier alpha value is -1.36. The quantitative estimate of drug-likeness (QED) is 0.919. The lowest BCUT2D eigenvalue weighted by Gasteiger charge is -2.11. The number of nitrogens with zero attached hydrogens (tertiary/aromatic N) is 1. The van der Waals surface area contributed by atoms with Crippen LogP contribution in [0.3, 0.4) is 0 Å². The Morgan fingerprint density at radius 3 is 2.89 bits per heavy atom. The number of thioether (sulfide) groups is 1. The SMILES string of the molecule is Fc1ccc(F)c2c1CCC2SCc1ccn[nH]1. The zero-order valence-electron chi connectivity index (χ0n) is 9.62. The van der Waals surface area contributed by atoms with Gasteiger partial charge in [0.15, 0.2) is 0 Å². The molecule has 0 spiro atoms. The minimum atomic E-state index is -0.286. The molecule has 94 valence electrons. The standard InChI is InChI=1S/C13H12F2N2S/c14-10-2-3-11(15)13-9(10)1-4-12(13)18-7-8-5-6-16-17-8/h2-3,5-6,12H,1,4,7H2,(H,16,17). The molecule has 18 heavy (non-hydrogen) atoms. The molecule has 1 aromatic heterocycles. The summed E-state index contributed by atoms with van der Waals surface area (Å²) in [6.45, 7) is 0. The van der Waals surface area contributed by atoms with Gasteiger partial charge in [0.1, 0.15) is 11.6 Å². The number of fused-ring (bicyclic) bond motifs is 1. The minimum absolute atomic E-state index is 0.0407. The first kappa shape index (κ1) is 11.7. The van der Waals surface area contributed by atoms with Crippen LogP contribution in [0.2, 0.25) is 0 Å². The molecular weight excluding hydrogens is 254 g/mol.